The van der Waals surface area contributed by atoms with Crippen molar-refractivity contribution in [2.75, 3.05) is 33.3 Å². The average molecular weight is 280 g/mol. The van der Waals surface area contributed by atoms with Gasteiger partial charge in [0.25, 0.3) is 5.91 Å². The highest BCUT2D eigenvalue weighted by atomic mass is 32.1. The fourth-order valence-electron chi connectivity index (χ4n) is 3.16. The number of likely N-dealkylation sites (tertiary alicyclic amines) is 1. The first-order valence-electron chi connectivity index (χ1n) is 6.86. The Balaban J connectivity index is 1.66. The smallest absolute Gasteiger partial charge is 0.267 e. The van der Waals surface area contributed by atoms with E-state index in [0.29, 0.717) is 11.2 Å². The molecule has 3 rings (SSSR count). The van der Waals surface area contributed by atoms with Crippen molar-refractivity contribution >= 4 is 17.2 Å². The maximum atomic E-state index is 12.5. The minimum atomic E-state index is 0.132. The molecule has 1 aromatic rings. The topological polar surface area (TPSA) is 41.6 Å². The van der Waals surface area contributed by atoms with Crippen molar-refractivity contribution in [3.05, 3.63) is 16.3 Å². The standard InChI is InChI=1S/C14H20N2O2S/c1-18-11-2-9-19-12(11)13(17)16-7-4-14(5-8-16)3-6-15-10-14/h2,9,15H,3-8,10H2,1H3. The van der Waals surface area contributed by atoms with Gasteiger partial charge in [0.2, 0.25) is 0 Å². The Labute approximate surface area is 117 Å². The molecule has 19 heavy (non-hydrogen) atoms. The first-order valence-corrected chi connectivity index (χ1v) is 7.74. The summed E-state index contributed by atoms with van der Waals surface area (Å²) in [6, 6.07) is 1.87. The van der Waals surface area contributed by atoms with Gasteiger partial charge in [-0.1, -0.05) is 0 Å². The Bertz CT molecular complexity index is 456. The van der Waals surface area contributed by atoms with Crippen molar-refractivity contribution in [2.24, 2.45) is 5.41 Å². The van der Waals surface area contributed by atoms with E-state index in [0.717, 1.165) is 43.9 Å². The number of hydrogen-bond donors (Lipinski definition) is 1. The minimum absolute atomic E-state index is 0.132. The van der Waals surface area contributed by atoms with E-state index in [1.165, 1.54) is 17.8 Å². The number of amides is 1. The van der Waals surface area contributed by atoms with Crippen LogP contribution in [0.5, 0.6) is 5.75 Å². The molecule has 4 nitrogen and oxygen atoms in total. The van der Waals surface area contributed by atoms with Gasteiger partial charge < -0.3 is 15.0 Å². The summed E-state index contributed by atoms with van der Waals surface area (Å²) in [6.07, 6.45) is 3.51. The summed E-state index contributed by atoms with van der Waals surface area (Å²) in [4.78, 5) is 15.2. The molecular formula is C14H20N2O2S. The molecule has 0 bridgehead atoms. The van der Waals surface area contributed by atoms with Crippen LogP contribution in [0.4, 0.5) is 0 Å². The maximum Gasteiger partial charge on any atom is 0.267 e. The van der Waals surface area contributed by atoms with E-state index in [1.807, 2.05) is 16.3 Å². The van der Waals surface area contributed by atoms with Gasteiger partial charge in [-0.15, -0.1) is 11.3 Å². The van der Waals surface area contributed by atoms with E-state index in [4.69, 9.17) is 4.74 Å². The molecule has 2 aliphatic rings. The summed E-state index contributed by atoms with van der Waals surface area (Å²) in [7, 11) is 1.62. The first-order chi connectivity index (χ1) is 9.24. The number of carbonyl (C=O) groups excluding carboxylic acids is 1. The summed E-state index contributed by atoms with van der Waals surface area (Å²) in [5.74, 6) is 0.838. The number of thiophene rings is 1. The van der Waals surface area contributed by atoms with Crippen molar-refractivity contribution in [2.45, 2.75) is 19.3 Å². The number of piperidine rings is 1. The molecule has 1 amide bonds. The molecule has 0 radical (unpaired) electrons. The second-order valence-corrected chi connectivity index (χ2v) is 6.45. The lowest BCUT2D eigenvalue weighted by atomic mass is 9.78. The van der Waals surface area contributed by atoms with Crippen LogP contribution in [-0.2, 0) is 0 Å². The van der Waals surface area contributed by atoms with Crippen LogP contribution in [0, 0.1) is 5.41 Å². The second-order valence-electron chi connectivity index (χ2n) is 5.54. The molecule has 1 N–H and O–H groups in total. The molecular weight excluding hydrogens is 260 g/mol. The Morgan fingerprint density at radius 3 is 2.84 bits per heavy atom. The molecule has 2 fully saturated rings. The summed E-state index contributed by atoms with van der Waals surface area (Å²) >= 11 is 1.47. The molecule has 1 aromatic heterocycles. The molecule has 3 heterocycles. The average Bonchev–Trinajstić information content (AvgIpc) is 3.08. The third kappa shape index (κ3) is 2.37. The molecule has 0 saturated carbocycles. The van der Waals surface area contributed by atoms with Gasteiger partial charge >= 0.3 is 0 Å². The van der Waals surface area contributed by atoms with Crippen molar-refractivity contribution < 1.29 is 9.53 Å². The van der Waals surface area contributed by atoms with Crippen LogP contribution >= 0.6 is 11.3 Å². The zero-order valence-electron chi connectivity index (χ0n) is 11.3. The van der Waals surface area contributed by atoms with Crippen LogP contribution in [-0.4, -0.2) is 44.1 Å². The predicted octanol–water partition coefficient (Wildman–Crippen LogP) is 1.97. The molecule has 0 aliphatic carbocycles. The number of nitrogens with zero attached hydrogens (tertiary/aromatic N) is 1. The van der Waals surface area contributed by atoms with Gasteiger partial charge in [-0.2, -0.15) is 0 Å². The van der Waals surface area contributed by atoms with E-state index in [-0.39, 0.29) is 5.91 Å². The van der Waals surface area contributed by atoms with Gasteiger partial charge in [0.1, 0.15) is 10.6 Å². The fraction of sp³-hybridized carbons (Fsp3) is 0.643. The fourth-order valence-corrected chi connectivity index (χ4v) is 3.99. The van der Waals surface area contributed by atoms with Crippen molar-refractivity contribution in [3.63, 3.8) is 0 Å². The zero-order chi connectivity index (χ0) is 13.3. The van der Waals surface area contributed by atoms with Crippen LogP contribution in [0.2, 0.25) is 0 Å². The number of ether oxygens (including phenoxy) is 1. The third-order valence-electron chi connectivity index (χ3n) is 4.49. The Kier molecular flexibility index (Phi) is 3.50. The Morgan fingerprint density at radius 2 is 2.21 bits per heavy atom. The van der Waals surface area contributed by atoms with Crippen LogP contribution in [0.25, 0.3) is 0 Å². The summed E-state index contributed by atoms with van der Waals surface area (Å²) < 4.78 is 5.24. The largest absolute Gasteiger partial charge is 0.495 e. The molecule has 2 saturated heterocycles. The molecule has 104 valence electrons. The van der Waals surface area contributed by atoms with E-state index in [1.54, 1.807) is 7.11 Å². The number of hydrogen-bond acceptors (Lipinski definition) is 4. The lowest BCUT2D eigenvalue weighted by Crippen LogP contribution is -2.43. The minimum Gasteiger partial charge on any atom is -0.495 e. The summed E-state index contributed by atoms with van der Waals surface area (Å²) in [6.45, 7) is 4.01. The Hall–Kier alpha value is -1.07. The Morgan fingerprint density at radius 1 is 1.42 bits per heavy atom. The normalized spacial score (nSPS) is 21.8. The van der Waals surface area contributed by atoms with Crippen LogP contribution in [0.15, 0.2) is 11.4 Å². The molecule has 1 spiro atoms. The van der Waals surface area contributed by atoms with Gasteiger partial charge in [0.15, 0.2) is 0 Å². The van der Waals surface area contributed by atoms with Crippen molar-refractivity contribution in [3.8, 4) is 5.75 Å². The van der Waals surface area contributed by atoms with Gasteiger partial charge in [-0.25, -0.2) is 0 Å². The highest BCUT2D eigenvalue weighted by Gasteiger charge is 2.38. The van der Waals surface area contributed by atoms with Crippen molar-refractivity contribution in [1.82, 2.24) is 10.2 Å². The van der Waals surface area contributed by atoms with Gasteiger partial charge in [-0.3, -0.25) is 4.79 Å². The molecule has 0 aromatic carbocycles. The third-order valence-corrected chi connectivity index (χ3v) is 5.37. The van der Waals surface area contributed by atoms with E-state index >= 15 is 0 Å². The zero-order valence-corrected chi connectivity index (χ0v) is 12.1. The van der Waals surface area contributed by atoms with Crippen LogP contribution < -0.4 is 10.1 Å². The SMILES string of the molecule is COc1ccsc1C(=O)N1CCC2(CCNC2)CC1. The number of rotatable bonds is 2. The summed E-state index contributed by atoms with van der Waals surface area (Å²) in [5.41, 5.74) is 0.455. The molecule has 0 unspecified atom stereocenters. The van der Waals surface area contributed by atoms with Crippen LogP contribution in [0.3, 0.4) is 0 Å². The van der Waals surface area contributed by atoms with E-state index in [2.05, 4.69) is 5.32 Å². The predicted molar refractivity (Wildman–Crippen MR) is 75.9 cm³/mol. The summed E-state index contributed by atoms with van der Waals surface area (Å²) in [5, 5.41) is 5.37. The number of methoxy groups -OCH3 is 1. The van der Waals surface area contributed by atoms with Crippen LogP contribution in [0.1, 0.15) is 28.9 Å². The lowest BCUT2D eigenvalue weighted by molar-refractivity contribution is 0.0609. The quantitative estimate of drug-likeness (QED) is 0.900. The van der Waals surface area contributed by atoms with E-state index < -0.39 is 0 Å². The van der Waals surface area contributed by atoms with Gasteiger partial charge in [-0.05, 0) is 42.7 Å². The highest BCUT2D eigenvalue weighted by molar-refractivity contribution is 7.12. The highest BCUT2D eigenvalue weighted by Crippen LogP contribution is 2.38. The monoisotopic (exact) mass is 280 g/mol. The molecule has 5 heteroatoms. The first kappa shape index (κ1) is 12.9. The second kappa shape index (κ2) is 5.13. The van der Waals surface area contributed by atoms with E-state index in [9.17, 15) is 4.79 Å². The van der Waals surface area contributed by atoms with Gasteiger partial charge in [0, 0.05) is 19.6 Å². The van der Waals surface area contributed by atoms with Crippen molar-refractivity contribution in [1.29, 1.82) is 0 Å². The van der Waals surface area contributed by atoms with Gasteiger partial charge in [0.05, 0.1) is 7.11 Å². The number of carbonyl (C=O) groups is 1. The lowest BCUT2D eigenvalue weighted by Gasteiger charge is -2.38. The molecule has 0 atom stereocenters. The number of nitrogens with one attached hydrogen (secondary N) is 1. The molecule has 2 aliphatic heterocycles. The maximum absolute atomic E-state index is 12.5.